The van der Waals surface area contributed by atoms with Gasteiger partial charge in [0.1, 0.15) is 11.9 Å². The third kappa shape index (κ3) is 3.14. The van der Waals surface area contributed by atoms with Gasteiger partial charge in [-0.15, -0.1) is 0 Å². The van der Waals surface area contributed by atoms with E-state index in [2.05, 4.69) is 20.3 Å². The highest BCUT2D eigenvalue weighted by Crippen LogP contribution is 2.28. The summed E-state index contributed by atoms with van der Waals surface area (Å²) in [6.07, 6.45) is -0.352. The van der Waals surface area contributed by atoms with Gasteiger partial charge in [-0.25, -0.2) is 15.0 Å². The van der Waals surface area contributed by atoms with Gasteiger partial charge in [-0.2, -0.15) is 0 Å². The van der Waals surface area contributed by atoms with Crippen molar-refractivity contribution in [1.82, 2.24) is 19.5 Å². The van der Waals surface area contributed by atoms with Gasteiger partial charge in [0, 0.05) is 13.0 Å². The Bertz CT molecular complexity index is 1030. The SMILES string of the molecule is CCc1nc(NCc2ccccc2)c2ncn([C@@H]3O[C@H](CO)C(=O)C3=O)c2n1. The summed E-state index contributed by atoms with van der Waals surface area (Å²) in [4.78, 5) is 37.5. The average molecular weight is 381 g/mol. The van der Waals surface area contributed by atoms with Gasteiger partial charge < -0.3 is 15.2 Å². The molecule has 0 amide bonds. The predicted octanol–water partition coefficient (Wildman–Crippen LogP) is 1.03. The van der Waals surface area contributed by atoms with Crippen molar-refractivity contribution in [2.75, 3.05) is 11.9 Å². The number of rotatable bonds is 6. The van der Waals surface area contributed by atoms with Crippen molar-refractivity contribution in [3.63, 3.8) is 0 Å². The van der Waals surface area contributed by atoms with E-state index in [0.29, 0.717) is 35.8 Å². The summed E-state index contributed by atoms with van der Waals surface area (Å²) in [5.41, 5.74) is 1.95. The van der Waals surface area contributed by atoms with Crippen LogP contribution in [0.2, 0.25) is 0 Å². The third-order valence-corrected chi connectivity index (χ3v) is 4.56. The molecule has 28 heavy (non-hydrogen) atoms. The molecule has 0 aliphatic carbocycles. The van der Waals surface area contributed by atoms with Crippen LogP contribution in [0.1, 0.15) is 24.5 Å². The zero-order valence-electron chi connectivity index (χ0n) is 15.2. The number of fused-ring (bicyclic) bond motifs is 1. The molecule has 1 aromatic carbocycles. The maximum absolute atomic E-state index is 12.3. The molecule has 3 heterocycles. The second kappa shape index (κ2) is 7.45. The molecule has 9 heteroatoms. The van der Waals surface area contributed by atoms with Gasteiger partial charge in [0.15, 0.2) is 17.0 Å². The van der Waals surface area contributed by atoms with Gasteiger partial charge in [-0.3, -0.25) is 14.2 Å². The first-order valence-corrected chi connectivity index (χ1v) is 8.98. The van der Waals surface area contributed by atoms with Crippen molar-refractivity contribution in [2.45, 2.75) is 32.2 Å². The number of nitrogens with one attached hydrogen (secondary N) is 1. The largest absolute Gasteiger partial charge is 0.393 e. The molecule has 0 radical (unpaired) electrons. The molecule has 1 saturated heterocycles. The summed E-state index contributed by atoms with van der Waals surface area (Å²) in [7, 11) is 0. The van der Waals surface area contributed by atoms with Gasteiger partial charge >= 0.3 is 0 Å². The van der Waals surface area contributed by atoms with Gasteiger partial charge in [0.05, 0.1) is 12.9 Å². The van der Waals surface area contributed by atoms with E-state index in [4.69, 9.17) is 4.74 Å². The molecule has 1 fully saturated rings. The molecule has 1 aliphatic heterocycles. The second-order valence-electron chi connectivity index (χ2n) is 6.39. The van der Waals surface area contributed by atoms with Crippen molar-refractivity contribution in [3.8, 4) is 0 Å². The Hall–Kier alpha value is -3.17. The van der Waals surface area contributed by atoms with Crippen LogP contribution in [0.4, 0.5) is 5.82 Å². The molecule has 0 spiro atoms. The van der Waals surface area contributed by atoms with Crippen molar-refractivity contribution in [2.24, 2.45) is 0 Å². The molecular formula is C19H19N5O4. The molecule has 0 unspecified atom stereocenters. The monoisotopic (exact) mass is 381 g/mol. The lowest BCUT2D eigenvalue weighted by molar-refractivity contribution is -0.136. The van der Waals surface area contributed by atoms with Crippen LogP contribution >= 0.6 is 0 Å². The highest BCUT2D eigenvalue weighted by atomic mass is 16.5. The topological polar surface area (TPSA) is 119 Å². The number of carbonyl (C=O) groups is 2. The summed E-state index contributed by atoms with van der Waals surface area (Å²) in [6, 6.07) is 9.85. The first-order valence-electron chi connectivity index (χ1n) is 8.98. The van der Waals surface area contributed by atoms with E-state index in [-0.39, 0.29) is 0 Å². The molecule has 0 bridgehead atoms. The Labute approximate surface area is 160 Å². The quantitative estimate of drug-likeness (QED) is 0.608. The van der Waals surface area contributed by atoms with E-state index in [1.165, 1.54) is 10.9 Å². The number of carbonyl (C=O) groups excluding carboxylic acids is 2. The molecule has 2 aromatic heterocycles. The molecule has 2 N–H and O–H groups in total. The third-order valence-electron chi connectivity index (χ3n) is 4.56. The van der Waals surface area contributed by atoms with Crippen LogP contribution in [-0.2, 0) is 27.3 Å². The lowest BCUT2D eigenvalue weighted by Gasteiger charge is -2.12. The lowest BCUT2D eigenvalue weighted by atomic mass is 10.2. The van der Waals surface area contributed by atoms with Crippen molar-refractivity contribution < 1.29 is 19.4 Å². The number of hydrogen-bond donors (Lipinski definition) is 2. The normalized spacial score (nSPS) is 19.5. The number of ketones is 2. The Morgan fingerprint density at radius 1 is 1.18 bits per heavy atom. The van der Waals surface area contributed by atoms with E-state index >= 15 is 0 Å². The van der Waals surface area contributed by atoms with Crippen molar-refractivity contribution in [1.29, 1.82) is 0 Å². The first kappa shape index (κ1) is 18.2. The number of nitrogens with zero attached hydrogens (tertiary/aromatic N) is 4. The molecule has 144 valence electrons. The number of aliphatic hydroxyl groups excluding tert-OH is 1. The summed E-state index contributed by atoms with van der Waals surface area (Å²) in [5.74, 6) is -0.365. The van der Waals surface area contributed by atoms with Gasteiger partial charge in [-0.05, 0) is 5.56 Å². The van der Waals surface area contributed by atoms with Crippen molar-refractivity contribution in [3.05, 3.63) is 48.0 Å². The van der Waals surface area contributed by atoms with Crippen LogP contribution in [0.5, 0.6) is 0 Å². The summed E-state index contributed by atoms with van der Waals surface area (Å²) < 4.78 is 6.84. The van der Waals surface area contributed by atoms with E-state index in [1.54, 1.807) is 0 Å². The number of Topliss-reactive ketones (excluding diaryl/α,β-unsaturated/α-hetero) is 2. The average Bonchev–Trinajstić information content (AvgIpc) is 3.28. The fourth-order valence-corrected chi connectivity index (χ4v) is 3.07. The molecule has 4 rings (SSSR count). The first-order chi connectivity index (χ1) is 13.6. The number of anilines is 1. The molecule has 9 nitrogen and oxygen atoms in total. The van der Waals surface area contributed by atoms with Gasteiger partial charge in [0.2, 0.25) is 12.0 Å². The lowest BCUT2D eigenvalue weighted by Crippen LogP contribution is -2.23. The second-order valence-corrected chi connectivity index (χ2v) is 6.39. The maximum Gasteiger partial charge on any atom is 0.251 e. The van der Waals surface area contributed by atoms with E-state index < -0.39 is 30.5 Å². The van der Waals surface area contributed by atoms with Crippen molar-refractivity contribution >= 4 is 28.5 Å². The minimum absolute atomic E-state index is 0.396. The van der Waals surface area contributed by atoms with Crippen LogP contribution in [0.15, 0.2) is 36.7 Å². The van der Waals surface area contributed by atoms with Crippen LogP contribution < -0.4 is 5.32 Å². The number of aryl methyl sites for hydroxylation is 1. The van der Waals surface area contributed by atoms with Gasteiger partial charge in [0.25, 0.3) is 5.78 Å². The Kier molecular flexibility index (Phi) is 4.84. The molecule has 2 atom stereocenters. The molecule has 3 aromatic rings. The fraction of sp³-hybridized carbons (Fsp3) is 0.316. The van der Waals surface area contributed by atoms with Crippen LogP contribution in [-0.4, -0.2) is 48.9 Å². The maximum atomic E-state index is 12.3. The summed E-state index contributed by atoms with van der Waals surface area (Å²) >= 11 is 0. The molecule has 0 saturated carbocycles. The van der Waals surface area contributed by atoms with Crippen LogP contribution in [0.25, 0.3) is 11.2 Å². The fourth-order valence-electron chi connectivity index (χ4n) is 3.07. The number of aromatic nitrogens is 4. The Balaban J connectivity index is 1.71. The van der Waals surface area contributed by atoms with E-state index in [0.717, 1.165) is 5.56 Å². The molecular weight excluding hydrogens is 362 g/mol. The summed E-state index contributed by atoms with van der Waals surface area (Å²) in [5, 5.41) is 12.5. The highest BCUT2D eigenvalue weighted by molar-refractivity contribution is 6.41. The smallest absolute Gasteiger partial charge is 0.251 e. The van der Waals surface area contributed by atoms with Gasteiger partial charge in [-0.1, -0.05) is 37.3 Å². The number of ether oxygens (including phenoxy) is 1. The minimum Gasteiger partial charge on any atom is -0.393 e. The Morgan fingerprint density at radius 2 is 1.96 bits per heavy atom. The van der Waals surface area contributed by atoms with E-state index in [9.17, 15) is 14.7 Å². The number of aliphatic hydroxyl groups is 1. The minimum atomic E-state index is -1.18. The number of hydrogen-bond acceptors (Lipinski definition) is 8. The Morgan fingerprint density at radius 3 is 2.64 bits per heavy atom. The zero-order valence-corrected chi connectivity index (χ0v) is 15.2. The standard InChI is InChI=1S/C19H19N5O4/c1-2-13-22-17(20-8-11-6-4-3-5-7-11)14-18(23-13)24(10-21-14)19-16(27)15(26)12(9-25)28-19/h3-7,10,12,19,25H,2,8-9H2,1H3,(H,20,22,23)/t12-,19-/m1/s1. The number of imidazole rings is 1. The van der Waals surface area contributed by atoms with Crippen LogP contribution in [0.3, 0.4) is 0 Å². The highest BCUT2D eigenvalue weighted by Gasteiger charge is 2.43. The van der Waals surface area contributed by atoms with Crippen LogP contribution in [0, 0.1) is 0 Å². The summed E-state index contributed by atoms with van der Waals surface area (Å²) in [6.45, 7) is 1.92. The molecule has 1 aliphatic rings. The zero-order chi connectivity index (χ0) is 19.7. The predicted molar refractivity (Wildman–Crippen MR) is 99.5 cm³/mol. The van der Waals surface area contributed by atoms with E-state index in [1.807, 2.05) is 37.3 Å². The number of benzene rings is 1.